The molecule has 0 spiro atoms. The first-order valence-electron chi connectivity index (χ1n) is 6.71. The molecule has 0 radical (unpaired) electrons. The van der Waals surface area contributed by atoms with E-state index in [9.17, 15) is 0 Å². The number of hydrogen-bond acceptors (Lipinski definition) is 1. The molecule has 1 fully saturated rings. The molecular formula is C14H25N3. The lowest BCUT2D eigenvalue weighted by Gasteiger charge is -2.25. The summed E-state index contributed by atoms with van der Waals surface area (Å²) in [6, 6.07) is 0. The lowest BCUT2D eigenvalue weighted by Crippen LogP contribution is -2.37. The second-order valence-electron chi connectivity index (χ2n) is 4.90. The molecule has 3 nitrogen and oxygen atoms in total. The van der Waals surface area contributed by atoms with Gasteiger partial charge in [0.1, 0.15) is 0 Å². The van der Waals surface area contributed by atoms with Crippen LogP contribution in [0.15, 0.2) is 4.99 Å². The van der Waals surface area contributed by atoms with Crippen molar-refractivity contribution in [2.75, 3.05) is 19.6 Å². The maximum atomic E-state index is 5.23. The Morgan fingerprint density at radius 2 is 2.00 bits per heavy atom. The molecule has 0 amide bonds. The third kappa shape index (κ3) is 5.63. The number of hydrogen-bond donors (Lipinski definition) is 2. The minimum atomic E-state index is 0.535. The molecule has 1 aliphatic rings. The monoisotopic (exact) mass is 235 g/mol. The molecule has 0 aromatic carbocycles. The van der Waals surface area contributed by atoms with Gasteiger partial charge in [0.15, 0.2) is 5.96 Å². The Kier molecular flexibility index (Phi) is 6.54. The number of nitrogens with one attached hydrogen (secondary N) is 2. The van der Waals surface area contributed by atoms with Crippen molar-refractivity contribution in [3.8, 4) is 12.3 Å². The molecule has 3 heteroatoms. The maximum Gasteiger partial charge on any atom is 0.192 e. The molecule has 1 saturated carbocycles. The van der Waals surface area contributed by atoms with Crippen LogP contribution in [0.25, 0.3) is 0 Å². The fourth-order valence-corrected chi connectivity index (χ4v) is 2.21. The van der Waals surface area contributed by atoms with E-state index < -0.39 is 0 Å². The number of guanidine groups is 1. The summed E-state index contributed by atoms with van der Waals surface area (Å²) in [5.41, 5.74) is 0. The third-order valence-corrected chi connectivity index (χ3v) is 3.35. The minimum absolute atomic E-state index is 0.535. The van der Waals surface area contributed by atoms with E-state index in [0.717, 1.165) is 30.9 Å². The summed E-state index contributed by atoms with van der Waals surface area (Å²) in [4.78, 5) is 4.60. The Hall–Kier alpha value is -1.17. The van der Waals surface area contributed by atoms with Crippen LogP contribution in [-0.4, -0.2) is 25.6 Å². The van der Waals surface area contributed by atoms with E-state index in [4.69, 9.17) is 6.42 Å². The first kappa shape index (κ1) is 13.9. The number of terminal acetylenes is 1. The smallest absolute Gasteiger partial charge is 0.192 e. The van der Waals surface area contributed by atoms with Crippen LogP contribution in [0.3, 0.4) is 0 Å². The largest absolute Gasteiger partial charge is 0.357 e. The first-order chi connectivity index (χ1) is 8.26. The highest BCUT2D eigenvalue weighted by atomic mass is 15.2. The molecule has 96 valence electrons. The number of aliphatic imine (C=N–C) groups is 1. The van der Waals surface area contributed by atoms with Gasteiger partial charge in [0, 0.05) is 13.1 Å². The van der Waals surface area contributed by atoms with Gasteiger partial charge in [-0.15, -0.1) is 6.42 Å². The summed E-state index contributed by atoms with van der Waals surface area (Å²) in [7, 11) is 0. The zero-order valence-corrected chi connectivity index (χ0v) is 11.1. The topological polar surface area (TPSA) is 36.4 Å². The van der Waals surface area contributed by atoms with Gasteiger partial charge in [-0.25, -0.2) is 0 Å². The third-order valence-electron chi connectivity index (χ3n) is 3.35. The average Bonchev–Trinajstić information content (AvgIpc) is 2.35. The van der Waals surface area contributed by atoms with Gasteiger partial charge >= 0.3 is 0 Å². The van der Waals surface area contributed by atoms with Crippen LogP contribution in [-0.2, 0) is 0 Å². The van der Waals surface area contributed by atoms with E-state index in [-0.39, 0.29) is 0 Å². The fourth-order valence-electron chi connectivity index (χ4n) is 2.21. The van der Waals surface area contributed by atoms with Gasteiger partial charge in [0.25, 0.3) is 0 Å². The molecule has 0 bridgehead atoms. The van der Waals surface area contributed by atoms with Crippen molar-refractivity contribution in [3.05, 3.63) is 0 Å². The second kappa shape index (κ2) is 8.00. The van der Waals surface area contributed by atoms with Crippen LogP contribution in [0.1, 0.15) is 39.5 Å². The quantitative estimate of drug-likeness (QED) is 0.444. The highest BCUT2D eigenvalue weighted by Crippen LogP contribution is 2.28. The van der Waals surface area contributed by atoms with Gasteiger partial charge in [-0.3, -0.25) is 4.99 Å². The van der Waals surface area contributed by atoms with Gasteiger partial charge in [-0.05, 0) is 31.6 Å². The van der Waals surface area contributed by atoms with Crippen molar-refractivity contribution in [1.82, 2.24) is 10.6 Å². The molecule has 0 aliphatic heterocycles. The first-order valence-corrected chi connectivity index (χ1v) is 6.71. The van der Waals surface area contributed by atoms with Crippen molar-refractivity contribution < 1.29 is 0 Å². The number of nitrogens with zero attached hydrogens (tertiary/aromatic N) is 1. The molecule has 0 saturated heterocycles. The maximum absolute atomic E-state index is 5.23. The summed E-state index contributed by atoms with van der Waals surface area (Å²) < 4.78 is 0. The summed E-state index contributed by atoms with van der Waals surface area (Å²) >= 11 is 0. The highest BCUT2D eigenvalue weighted by Gasteiger charge is 2.17. The van der Waals surface area contributed by atoms with E-state index in [0.29, 0.717) is 6.54 Å². The minimum Gasteiger partial charge on any atom is -0.357 e. The number of rotatable bonds is 4. The zero-order chi connectivity index (χ0) is 12.5. The van der Waals surface area contributed by atoms with E-state index in [2.05, 4.69) is 35.4 Å². The molecule has 0 aromatic heterocycles. The van der Waals surface area contributed by atoms with Gasteiger partial charge in [-0.1, -0.05) is 25.7 Å². The van der Waals surface area contributed by atoms with Crippen LogP contribution in [0, 0.1) is 24.2 Å². The van der Waals surface area contributed by atoms with E-state index in [1.807, 2.05) is 0 Å². The fraction of sp³-hybridized carbons (Fsp3) is 0.786. The normalized spacial score (nSPS) is 25.1. The zero-order valence-electron chi connectivity index (χ0n) is 11.1. The molecular weight excluding hydrogens is 210 g/mol. The molecule has 17 heavy (non-hydrogen) atoms. The Morgan fingerprint density at radius 3 is 2.59 bits per heavy atom. The highest BCUT2D eigenvalue weighted by molar-refractivity contribution is 5.79. The summed E-state index contributed by atoms with van der Waals surface area (Å²) in [5, 5.41) is 6.33. The Bertz CT molecular complexity index is 270. The molecule has 0 heterocycles. The lowest BCUT2D eigenvalue weighted by molar-refractivity contribution is 0.296. The molecule has 0 aromatic rings. The Labute approximate surface area is 105 Å². The predicted molar refractivity (Wildman–Crippen MR) is 73.9 cm³/mol. The van der Waals surface area contributed by atoms with Crippen molar-refractivity contribution in [3.63, 3.8) is 0 Å². The molecule has 1 aliphatic carbocycles. The van der Waals surface area contributed by atoms with E-state index >= 15 is 0 Å². The average molecular weight is 235 g/mol. The Balaban J connectivity index is 2.34. The molecule has 2 N–H and O–H groups in total. The van der Waals surface area contributed by atoms with E-state index in [1.54, 1.807) is 0 Å². The van der Waals surface area contributed by atoms with Gasteiger partial charge < -0.3 is 10.6 Å². The van der Waals surface area contributed by atoms with Crippen LogP contribution in [0.2, 0.25) is 0 Å². The second-order valence-corrected chi connectivity index (χ2v) is 4.90. The summed E-state index contributed by atoms with van der Waals surface area (Å²) in [5.74, 6) is 5.08. The van der Waals surface area contributed by atoms with Gasteiger partial charge in [0.2, 0.25) is 0 Å². The van der Waals surface area contributed by atoms with Crippen molar-refractivity contribution in [2.45, 2.75) is 39.5 Å². The summed E-state index contributed by atoms with van der Waals surface area (Å²) in [6.45, 7) is 6.74. The van der Waals surface area contributed by atoms with Crippen LogP contribution < -0.4 is 10.6 Å². The SMILES string of the molecule is C#CCNC(=NCC1CCC(C)CC1)NCC. The van der Waals surface area contributed by atoms with Crippen LogP contribution in [0.5, 0.6) is 0 Å². The Morgan fingerprint density at radius 1 is 1.29 bits per heavy atom. The van der Waals surface area contributed by atoms with Crippen LogP contribution >= 0.6 is 0 Å². The van der Waals surface area contributed by atoms with Crippen molar-refractivity contribution in [2.24, 2.45) is 16.8 Å². The van der Waals surface area contributed by atoms with Crippen molar-refractivity contribution in [1.29, 1.82) is 0 Å². The molecule has 0 atom stereocenters. The summed E-state index contributed by atoms with van der Waals surface area (Å²) in [6.07, 6.45) is 10.6. The molecule has 1 rings (SSSR count). The van der Waals surface area contributed by atoms with Crippen molar-refractivity contribution >= 4 is 5.96 Å². The molecule has 0 unspecified atom stereocenters. The predicted octanol–water partition coefficient (Wildman–Crippen LogP) is 2.00. The van der Waals surface area contributed by atoms with Gasteiger partial charge in [-0.2, -0.15) is 0 Å². The van der Waals surface area contributed by atoms with E-state index in [1.165, 1.54) is 25.7 Å². The van der Waals surface area contributed by atoms with Gasteiger partial charge in [0.05, 0.1) is 6.54 Å². The standard InChI is InChI=1S/C14H25N3/c1-4-10-16-14(15-5-2)17-11-13-8-6-12(3)7-9-13/h1,12-13H,5-11H2,2-3H3,(H2,15,16,17). The van der Waals surface area contributed by atoms with Crippen LogP contribution in [0.4, 0.5) is 0 Å². The lowest BCUT2D eigenvalue weighted by atomic mass is 9.83.